The van der Waals surface area contributed by atoms with Gasteiger partial charge in [0, 0.05) is 9.50 Å². The fourth-order valence-electron chi connectivity index (χ4n) is 1.52. The summed E-state index contributed by atoms with van der Waals surface area (Å²) in [6.45, 7) is 0. The standard InChI is InChI=1S/C13H8BrClN2O2S/c14-10-2-1-9(8-16)13(7-10)17-20(18,19)12-5-3-11(15)4-6-12/h1-7,17H. The van der Waals surface area contributed by atoms with Gasteiger partial charge in [-0.3, -0.25) is 4.72 Å². The number of nitrogens with zero attached hydrogens (tertiary/aromatic N) is 1. The first kappa shape index (κ1) is 14.9. The van der Waals surface area contributed by atoms with E-state index in [1.165, 1.54) is 36.4 Å². The maximum absolute atomic E-state index is 12.2. The summed E-state index contributed by atoms with van der Waals surface area (Å²) in [6, 6.07) is 12.4. The van der Waals surface area contributed by atoms with Gasteiger partial charge in [-0.05, 0) is 42.5 Å². The van der Waals surface area contributed by atoms with Gasteiger partial charge in [0.15, 0.2) is 0 Å². The molecule has 0 radical (unpaired) electrons. The van der Waals surface area contributed by atoms with Crippen molar-refractivity contribution in [3.63, 3.8) is 0 Å². The van der Waals surface area contributed by atoms with Crippen molar-refractivity contribution in [1.29, 1.82) is 5.26 Å². The van der Waals surface area contributed by atoms with E-state index in [9.17, 15) is 8.42 Å². The number of halogens is 2. The number of hydrogen-bond donors (Lipinski definition) is 1. The Morgan fingerprint density at radius 1 is 1.15 bits per heavy atom. The molecule has 0 aliphatic rings. The second-order valence-corrected chi connectivity index (χ2v) is 6.90. The average Bonchev–Trinajstić information content (AvgIpc) is 2.39. The van der Waals surface area contributed by atoms with Crippen molar-refractivity contribution in [3.05, 3.63) is 57.5 Å². The van der Waals surface area contributed by atoms with Crippen molar-refractivity contribution >= 4 is 43.2 Å². The molecular weight excluding hydrogens is 364 g/mol. The monoisotopic (exact) mass is 370 g/mol. The van der Waals surface area contributed by atoms with Crippen molar-refractivity contribution in [2.45, 2.75) is 4.90 Å². The molecule has 4 nitrogen and oxygen atoms in total. The first-order valence-electron chi connectivity index (χ1n) is 5.40. The minimum absolute atomic E-state index is 0.0748. The van der Waals surface area contributed by atoms with Crippen LogP contribution in [0.3, 0.4) is 0 Å². The molecule has 2 aromatic rings. The van der Waals surface area contributed by atoms with Crippen LogP contribution in [-0.2, 0) is 10.0 Å². The third-order valence-corrected chi connectivity index (χ3v) is 4.60. The summed E-state index contributed by atoms with van der Waals surface area (Å²) >= 11 is 8.96. The smallest absolute Gasteiger partial charge is 0.261 e. The minimum Gasteiger partial charge on any atom is -0.278 e. The zero-order valence-corrected chi connectivity index (χ0v) is 13.1. The summed E-state index contributed by atoms with van der Waals surface area (Å²) in [5.41, 5.74) is 0.461. The van der Waals surface area contributed by atoms with Crippen molar-refractivity contribution < 1.29 is 8.42 Å². The maximum Gasteiger partial charge on any atom is 0.261 e. The normalized spacial score (nSPS) is 10.8. The molecule has 0 atom stereocenters. The van der Waals surface area contributed by atoms with Gasteiger partial charge in [0.2, 0.25) is 0 Å². The van der Waals surface area contributed by atoms with E-state index >= 15 is 0 Å². The van der Waals surface area contributed by atoms with Gasteiger partial charge >= 0.3 is 0 Å². The Hall–Kier alpha value is -1.55. The molecule has 0 unspecified atom stereocenters. The highest BCUT2D eigenvalue weighted by atomic mass is 79.9. The maximum atomic E-state index is 12.2. The molecule has 20 heavy (non-hydrogen) atoms. The van der Waals surface area contributed by atoms with Crippen LogP contribution < -0.4 is 4.72 Å². The highest BCUT2D eigenvalue weighted by molar-refractivity contribution is 9.10. The minimum atomic E-state index is -3.76. The van der Waals surface area contributed by atoms with Crippen LogP contribution in [0.25, 0.3) is 0 Å². The van der Waals surface area contributed by atoms with E-state index in [0.29, 0.717) is 9.50 Å². The molecule has 2 aromatic carbocycles. The molecule has 0 aliphatic heterocycles. The Kier molecular flexibility index (Phi) is 4.33. The number of anilines is 1. The first-order valence-corrected chi connectivity index (χ1v) is 8.06. The lowest BCUT2D eigenvalue weighted by Gasteiger charge is -2.10. The third-order valence-electron chi connectivity index (χ3n) is 2.47. The molecule has 1 N–H and O–H groups in total. The largest absolute Gasteiger partial charge is 0.278 e. The van der Waals surface area contributed by atoms with Gasteiger partial charge in [0.05, 0.1) is 16.1 Å². The molecule has 0 heterocycles. The Morgan fingerprint density at radius 2 is 1.80 bits per heavy atom. The van der Waals surface area contributed by atoms with E-state index < -0.39 is 10.0 Å². The molecule has 0 spiro atoms. The summed E-state index contributed by atoms with van der Waals surface area (Å²) in [4.78, 5) is 0.0748. The number of nitriles is 1. The van der Waals surface area contributed by atoms with Crippen molar-refractivity contribution in [2.24, 2.45) is 0 Å². The number of sulfonamides is 1. The number of nitrogens with one attached hydrogen (secondary N) is 1. The molecule has 0 aromatic heterocycles. The average molecular weight is 372 g/mol. The van der Waals surface area contributed by atoms with Gasteiger partial charge in [-0.15, -0.1) is 0 Å². The molecule has 0 aliphatic carbocycles. The van der Waals surface area contributed by atoms with E-state index in [1.807, 2.05) is 6.07 Å². The van der Waals surface area contributed by atoms with Crippen molar-refractivity contribution in [2.75, 3.05) is 4.72 Å². The Balaban J connectivity index is 2.41. The predicted molar refractivity (Wildman–Crippen MR) is 81.1 cm³/mol. The number of benzene rings is 2. The summed E-state index contributed by atoms with van der Waals surface area (Å²) in [5, 5.41) is 9.44. The van der Waals surface area contributed by atoms with Crippen LogP contribution in [0.1, 0.15) is 5.56 Å². The molecule has 0 amide bonds. The Morgan fingerprint density at radius 3 is 2.40 bits per heavy atom. The van der Waals surface area contributed by atoms with Crippen LogP contribution in [0.5, 0.6) is 0 Å². The van der Waals surface area contributed by atoms with E-state index in [1.54, 1.807) is 6.07 Å². The van der Waals surface area contributed by atoms with Crippen LogP contribution in [0.15, 0.2) is 51.8 Å². The van der Waals surface area contributed by atoms with Crippen LogP contribution >= 0.6 is 27.5 Å². The SMILES string of the molecule is N#Cc1ccc(Br)cc1NS(=O)(=O)c1ccc(Cl)cc1. The lowest BCUT2D eigenvalue weighted by Crippen LogP contribution is -2.13. The zero-order valence-electron chi connectivity index (χ0n) is 9.97. The summed E-state index contributed by atoms with van der Waals surface area (Å²) in [5.74, 6) is 0. The van der Waals surface area contributed by atoms with E-state index in [4.69, 9.17) is 16.9 Å². The third kappa shape index (κ3) is 3.31. The Bertz CT molecular complexity index is 783. The summed E-state index contributed by atoms with van der Waals surface area (Å²) < 4.78 is 27.5. The van der Waals surface area contributed by atoms with Gasteiger partial charge in [-0.1, -0.05) is 27.5 Å². The predicted octanol–water partition coefficient (Wildman–Crippen LogP) is 3.77. The molecule has 102 valence electrons. The van der Waals surface area contributed by atoms with Gasteiger partial charge in [0.25, 0.3) is 10.0 Å². The quantitative estimate of drug-likeness (QED) is 0.892. The van der Waals surface area contributed by atoms with Gasteiger partial charge in [0.1, 0.15) is 6.07 Å². The highest BCUT2D eigenvalue weighted by Crippen LogP contribution is 2.24. The van der Waals surface area contributed by atoms with E-state index in [2.05, 4.69) is 20.7 Å². The van der Waals surface area contributed by atoms with Crippen LogP contribution in [-0.4, -0.2) is 8.42 Å². The second-order valence-electron chi connectivity index (χ2n) is 3.86. The molecule has 0 fully saturated rings. The molecule has 7 heteroatoms. The second kappa shape index (κ2) is 5.83. The molecule has 2 rings (SSSR count). The van der Waals surface area contributed by atoms with Crippen LogP contribution in [0.4, 0.5) is 5.69 Å². The van der Waals surface area contributed by atoms with Crippen molar-refractivity contribution in [3.8, 4) is 6.07 Å². The summed E-state index contributed by atoms with van der Waals surface area (Å²) in [6.07, 6.45) is 0. The van der Waals surface area contributed by atoms with Crippen LogP contribution in [0, 0.1) is 11.3 Å². The van der Waals surface area contributed by atoms with E-state index in [0.717, 1.165) is 0 Å². The Labute approximate surface area is 130 Å². The molecule has 0 bridgehead atoms. The van der Waals surface area contributed by atoms with Crippen LogP contribution in [0.2, 0.25) is 5.02 Å². The van der Waals surface area contributed by atoms with Gasteiger partial charge in [-0.25, -0.2) is 8.42 Å². The van der Waals surface area contributed by atoms with Gasteiger partial charge in [-0.2, -0.15) is 5.26 Å². The van der Waals surface area contributed by atoms with E-state index in [-0.39, 0.29) is 16.1 Å². The van der Waals surface area contributed by atoms with Crippen molar-refractivity contribution in [1.82, 2.24) is 0 Å². The lowest BCUT2D eigenvalue weighted by atomic mass is 10.2. The molecule has 0 saturated carbocycles. The fourth-order valence-corrected chi connectivity index (χ4v) is 3.07. The number of rotatable bonds is 3. The fraction of sp³-hybridized carbons (Fsp3) is 0. The first-order chi connectivity index (χ1) is 9.42. The summed E-state index contributed by atoms with van der Waals surface area (Å²) in [7, 11) is -3.76. The highest BCUT2D eigenvalue weighted by Gasteiger charge is 2.16. The molecule has 0 saturated heterocycles. The topological polar surface area (TPSA) is 70.0 Å². The lowest BCUT2D eigenvalue weighted by molar-refractivity contribution is 0.601. The zero-order chi connectivity index (χ0) is 14.8. The number of hydrogen-bond acceptors (Lipinski definition) is 3. The van der Waals surface area contributed by atoms with Gasteiger partial charge < -0.3 is 0 Å². The molecular formula is C13H8BrClN2O2S.